The molecule has 0 fully saturated rings. The summed E-state index contributed by atoms with van der Waals surface area (Å²) >= 11 is 0. The van der Waals surface area contributed by atoms with E-state index in [1.807, 2.05) is 13.0 Å². The van der Waals surface area contributed by atoms with Gasteiger partial charge in [0.2, 0.25) is 5.91 Å². The van der Waals surface area contributed by atoms with Crippen molar-refractivity contribution in [1.82, 2.24) is 5.32 Å². The molecule has 3 N–H and O–H groups in total. The molecule has 5 nitrogen and oxygen atoms in total. The number of carbonyl (C=O) groups excluding carboxylic acids is 2. The van der Waals surface area contributed by atoms with Crippen LogP contribution in [-0.2, 0) is 14.3 Å². The lowest BCUT2D eigenvalue weighted by molar-refractivity contribution is -0.146. The van der Waals surface area contributed by atoms with E-state index in [4.69, 9.17) is 10.5 Å². The molecule has 148 valence electrons. The Kier molecular flexibility index (Phi) is 12.4. The molecule has 0 saturated carbocycles. The van der Waals surface area contributed by atoms with Crippen LogP contribution < -0.4 is 11.1 Å². The molecule has 0 spiro atoms. The summed E-state index contributed by atoms with van der Waals surface area (Å²) in [6.45, 7) is 11.8. The van der Waals surface area contributed by atoms with E-state index in [1.54, 1.807) is 13.8 Å². The van der Waals surface area contributed by atoms with Gasteiger partial charge in [0.1, 0.15) is 12.6 Å². The highest BCUT2D eigenvalue weighted by molar-refractivity contribution is 5.86. The lowest BCUT2D eigenvalue weighted by atomic mass is 10.1. The Hall–Kier alpha value is -1.88. The second-order valence-corrected chi connectivity index (χ2v) is 7.11. The minimum atomic E-state index is -0.700. The molecule has 0 aromatic heterocycles. The minimum absolute atomic E-state index is 0.215. The van der Waals surface area contributed by atoms with Gasteiger partial charge < -0.3 is 15.8 Å². The maximum atomic E-state index is 11.8. The van der Waals surface area contributed by atoms with Gasteiger partial charge in [-0.3, -0.25) is 4.79 Å². The van der Waals surface area contributed by atoms with Crippen molar-refractivity contribution in [3.8, 4) is 0 Å². The Morgan fingerprint density at radius 1 is 0.962 bits per heavy atom. The van der Waals surface area contributed by atoms with Crippen molar-refractivity contribution in [2.75, 3.05) is 6.61 Å². The van der Waals surface area contributed by atoms with E-state index in [9.17, 15) is 9.59 Å². The largest absolute Gasteiger partial charge is 0.460 e. The van der Waals surface area contributed by atoms with Crippen LogP contribution in [0.4, 0.5) is 0 Å². The smallest absolute Gasteiger partial charge is 0.328 e. The number of hydrogen-bond donors (Lipinski definition) is 2. The monoisotopic (exact) mass is 364 g/mol. The van der Waals surface area contributed by atoms with E-state index >= 15 is 0 Å². The zero-order valence-corrected chi connectivity index (χ0v) is 17.2. The van der Waals surface area contributed by atoms with E-state index < -0.39 is 18.1 Å². The van der Waals surface area contributed by atoms with E-state index in [1.165, 1.54) is 16.7 Å². The molecular weight excluding hydrogens is 328 g/mol. The number of rotatable bonds is 11. The third-order valence-corrected chi connectivity index (χ3v) is 3.91. The maximum absolute atomic E-state index is 11.8. The molecule has 0 aromatic rings. The highest BCUT2D eigenvalue weighted by Gasteiger charge is 2.18. The Morgan fingerprint density at radius 3 is 2.04 bits per heavy atom. The second kappa shape index (κ2) is 13.3. The SMILES string of the molecule is CC(C)=CCCC(C)=CCCC(C)=CCOC(=O)[C@H](C)NC(=O)[C@H](C)N. The summed E-state index contributed by atoms with van der Waals surface area (Å²) in [6, 6.07) is -1.35. The predicted molar refractivity (Wildman–Crippen MR) is 108 cm³/mol. The number of allylic oxidation sites excluding steroid dienone is 5. The van der Waals surface area contributed by atoms with Gasteiger partial charge in [-0.25, -0.2) is 4.79 Å². The molecule has 0 unspecified atom stereocenters. The summed E-state index contributed by atoms with van der Waals surface area (Å²) in [6.07, 6.45) is 10.5. The van der Waals surface area contributed by atoms with Crippen molar-refractivity contribution in [2.24, 2.45) is 5.73 Å². The molecule has 0 aliphatic heterocycles. The maximum Gasteiger partial charge on any atom is 0.328 e. The number of carbonyl (C=O) groups is 2. The first-order valence-electron chi connectivity index (χ1n) is 9.30. The fourth-order valence-corrected chi connectivity index (χ4v) is 2.13. The van der Waals surface area contributed by atoms with Crippen LogP contribution in [0.15, 0.2) is 34.9 Å². The Morgan fingerprint density at radius 2 is 1.50 bits per heavy atom. The van der Waals surface area contributed by atoms with Crippen molar-refractivity contribution in [3.63, 3.8) is 0 Å². The van der Waals surface area contributed by atoms with Crippen LogP contribution in [-0.4, -0.2) is 30.6 Å². The van der Waals surface area contributed by atoms with Crippen molar-refractivity contribution in [1.29, 1.82) is 0 Å². The Bertz CT molecular complexity index is 541. The van der Waals surface area contributed by atoms with Gasteiger partial charge in [-0.05, 0) is 73.3 Å². The third-order valence-electron chi connectivity index (χ3n) is 3.91. The summed E-state index contributed by atoms with van der Waals surface area (Å²) in [5, 5.41) is 2.52. The zero-order valence-electron chi connectivity index (χ0n) is 17.2. The predicted octanol–water partition coefficient (Wildman–Crippen LogP) is 3.80. The number of nitrogens with one attached hydrogen (secondary N) is 1. The molecular formula is C21H36N2O3. The molecule has 0 aliphatic rings. The minimum Gasteiger partial charge on any atom is -0.460 e. The number of hydrogen-bond acceptors (Lipinski definition) is 4. The lowest BCUT2D eigenvalue weighted by Crippen LogP contribution is -2.46. The highest BCUT2D eigenvalue weighted by atomic mass is 16.5. The van der Waals surface area contributed by atoms with Crippen molar-refractivity contribution in [2.45, 2.75) is 79.3 Å². The van der Waals surface area contributed by atoms with E-state index in [2.05, 4.69) is 38.2 Å². The molecule has 0 heterocycles. The van der Waals surface area contributed by atoms with Gasteiger partial charge in [-0.1, -0.05) is 28.9 Å². The highest BCUT2D eigenvalue weighted by Crippen LogP contribution is 2.11. The van der Waals surface area contributed by atoms with Crippen LogP contribution in [0.1, 0.15) is 67.2 Å². The average Bonchev–Trinajstić information content (AvgIpc) is 2.54. The standard InChI is InChI=1S/C21H36N2O3/c1-15(2)9-7-10-16(3)11-8-12-17(4)13-14-26-21(25)19(6)23-20(24)18(5)22/h9,11,13,18-19H,7-8,10,12,14,22H2,1-6H3,(H,23,24)/t18-,19-/m0/s1. The number of nitrogens with two attached hydrogens (primary N) is 1. The molecule has 5 heteroatoms. The van der Waals surface area contributed by atoms with Gasteiger partial charge in [-0.15, -0.1) is 0 Å². The van der Waals surface area contributed by atoms with Crippen molar-refractivity contribution >= 4 is 11.9 Å². The summed E-state index contributed by atoms with van der Waals surface area (Å²) in [5.74, 6) is -0.828. The fourth-order valence-electron chi connectivity index (χ4n) is 2.13. The Labute approximate surface area is 158 Å². The fraction of sp³-hybridized carbons (Fsp3) is 0.619. The van der Waals surface area contributed by atoms with Crippen LogP contribution in [0.5, 0.6) is 0 Å². The lowest BCUT2D eigenvalue weighted by Gasteiger charge is -2.14. The molecule has 1 amide bonds. The van der Waals surface area contributed by atoms with Gasteiger partial charge in [0.05, 0.1) is 6.04 Å². The van der Waals surface area contributed by atoms with Gasteiger partial charge in [0.15, 0.2) is 0 Å². The van der Waals surface area contributed by atoms with Crippen LogP contribution in [0, 0.1) is 0 Å². The first kappa shape index (κ1) is 24.1. The average molecular weight is 365 g/mol. The summed E-state index contributed by atoms with van der Waals surface area (Å²) in [4.78, 5) is 23.3. The van der Waals surface area contributed by atoms with Gasteiger partial charge in [0.25, 0.3) is 0 Å². The van der Waals surface area contributed by atoms with E-state index in [-0.39, 0.29) is 12.5 Å². The van der Waals surface area contributed by atoms with Gasteiger partial charge in [-0.2, -0.15) is 0 Å². The molecule has 0 aromatic carbocycles. The molecule has 0 aliphatic carbocycles. The van der Waals surface area contributed by atoms with Gasteiger partial charge in [0, 0.05) is 0 Å². The van der Waals surface area contributed by atoms with Gasteiger partial charge >= 0.3 is 5.97 Å². The number of ether oxygens (including phenoxy) is 1. The molecule has 26 heavy (non-hydrogen) atoms. The number of esters is 1. The number of amides is 1. The van der Waals surface area contributed by atoms with Crippen molar-refractivity contribution in [3.05, 3.63) is 34.9 Å². The molecule has 2 atom stereocenters. The quantitative estimate of drug-likeness (QED) is 0.431. The molecule has 0 saturated heterocycles. The molecule has 0 rings (SSSR count). The third kappa shape index (κ3) is 12.5. The molecule has 0 radical (unpaired) electrons. The summed E-state index contributed by atoms with van der Waals surface area (Å²) in [7, 11) is 0. The zero-order chi connectivity index (χ0) is 20.1. The molecule has 0 bridgehead atoms. The first-order chi connectivity index (χ1) is 12.1. The van der Waals surface area contributed by atoms with Crippen LogP contribution in [0.25, 0.3) is 0 Å². The summed E-state index contributed by atoms with van der Waals surface area (Å²) < 4.78 is 5.17. The Balaban J connectivity index is 4.12. The van der Waals surface area contributed by atoms with Crippen LogP contribution >= 0.6 is 0 Å². The normalized spacial score (nSPS) is 14.4. The first-order valence-corrected chi connectivity index (χ1v) is 9.30. The topological polar surface area (TPSA) is 81.4 Å². The van der Waals surface area contributed by atoms with E-state index in [0.29, 0.717) is 0 Å². The van der Waals surface area contributed by atoms with Crippen LogP contribution in [0.3, 0.4) is 0 Å². The van der Waals surface area contributed by atoms with E-state index in [0.717, 1.165) is 25.7 Å². The summed E-state index contributed by atoms with van der Waals surface area (Å²) in [5.41, 5.74) is 9.39. The second-order valence-electron chi connectivity index (χ2n) is 7.11. The van der Waals surface area contributed by atoms with Crippen LogP contribution in [0.2, 0.25) is 0 Å². The van der Waals surface area contributed by atoms with Crippen molar-refractivity contribution < 1.29 is 14.3 Å².